The molecule has 0 bridgehead atoms. The average molecular weight is 650 g/mol. The molecule has 1 radical (unpaired) electrons. The number of furan rings is 2. The summed E-state index contributed by atoms with van der Waals surface area (Å²) in [5, 5.41) is 16.7. The number of carbonyl (C=O) groups is 3. The fraction of sp³-hybridized carbons (Fsp3) is 0.0690. The molecule has 219 valence electrons. The van der Waals surface area contributed by atoms with Gasteiger partial charge in [-0.05, 0) is 49.2 Å². The average Bonchev–Trinajstić information content (AvgIpc) is 3.71. The molecule has 0 fully saturated rings. The summed E-state index contributed by atoms with van der Waals surface area (Å²) in [4.78, 5) is 33.0. The molecule has 0 atom stereocenters. The molecule has 0 aliphatic carbocycles. The number of rotatable bonds is 7. The van der Waals surface area contributed by atoms with Crippen LogP contribution in [0.5, 0.6) is 0 Å². The van der Waals surface area contributed by atoms with Gasteiger partial charge in [-0.15, -0.1) is 0 Å². The Kier molecular flexibility index (Phi) is 16.5. The minimum atomic E-state index is -0.423. The second-order valence-corrected chi connectivity index (χ2v) is 8.57. The topological polar surface area (TPSA) is 146 Å². The van der Waals surface area contributed by atoms with E-state index in [-0.39, 0.29) is 39.8 Å². The number of nitrogens with one attached hydrogen (secondary N) is 2. The molecule has 0 saturated carbocycles. The van der Waals surface area contributed by atoms with Crippen molar-refractivity contribution in [3.8, 4) is 0 Å². The van der Waals surface area contributed by atoms with E-state index in [1.807, 2.05) is 60.7 Å². The van der Waals surface area contributed by atoms with E-state index >= 15 is 0 Å². The summed E-state index contributed by atoms with van der Waals surface area (Å²) >= 11 is 10.1. The molecule has 4 aromatic rings. The molecule has 10 nitrogen and oxygen atoms in total. The Bertz CT molecular complexity index is 1370. The van der Waals surface area contributed by atoms with Crippen LogP contribution in [-0.2, 0) is 46.8 Å². The van der Waals surface area contributed by atoms with Crippen molar-refractivity contribution in [1.29, 1.82) is 0 Å². The maximum absolute atomic E-state index is 11.5. The molecule has 2 aromatic heterocycles. The van der Waals surface area contributed by atoms with E-state index in [1.165, 1.54) is 32.4 Å². The van der Waals surface area contributed by atoms with Crippen molar-refractivity contribution in [2.45, 2.75) is 13.8 Å². The number of amides is 2. The molecule has 3 N–H and O–H groups in total. The van der Waals surface area contributed by atoms with Gasteiger partial charge in [0.05, 0.1) is 18.3 Å². The number of aliphatic hydroxyl groups is 1. The zero-order chi connectivity index (χ0) is 30.0. The molecule has 0 unspecified atom stereocenters. The van der Waals surface area contributed by atoms with Crippen LogP contribution in [0.4, 0.5) is 0 Å². The van der Waals surface area contributed by atoms with E-state index < -0.39 is 11.8 Å². The first-order valence-electron chi connectivity index (χ1n) is 11.8. The van der Waals surface area contributed by atoms with Crippen LogP contribution in [0, 0.1) is 0 Å². The van der Waals surface area contributed by atoms with Crippen molar-refractivity contribution < 1.29 is 45.1 Å². The van der Waals surface area contributed by atoms with E-state index in [0.29, 0.717) is 10.1 Å². The molecule has 2 heterocycles. The molecule has 0 spiro atoms. The number of carbonyl (C=O) groups excluding carboxylic acids is 3. The molecule has 2 amide bonds. The van der Waals surface area contributed by atoms with Crippen LogP contribution in [0.25, 0.3) is 0 Å². The van der Waals surface area contributed by atoms with Gasteiger partial charge in [0.1, 0.15) is 0 Å². The Morgan fingerprint density at radius 3 is 1.33 bits per heavy atom. The maximum atomic E-state index is 11.5. The van der Waals surface area contributed by atoms with E-state index in [9.17, 15) is 14.4 Å². The minimum Gasteiger partial charge on any atom is -0.758 e. The molecule has 2 aromatic carbocycles. The largest absolute Gasteiger partial charge is 2.00 e. The number of nitrogens with zero attached hydrogens (tertiary/aromatic N) is 2. The van der Waals surface area contributed by atoms with E-state index in [1.54, 1.807) is 24.3 Å². The number of hydrogen-bond donors (Lipinski definition) is 3. The summed E-state index contributed by atoms with van der Waals surface area (Å²) < 4.78 is 9.84. The van der Waals surface area contributed by atoms with Gasteiger partial charge in [0.25, 0.3) is 0 Å². The Morgan fingerprint density at radius 1 is 0.690 bits per heavy atom. The van der Waals surface area contributed by atoms with Crippen LogP contribution in [0.3, 0.4) is 0 Å². The third kappa shape index (κ3) is 13.7. The fourth-order valence-corrected chi connectivity index (χ4v) is 3.08. The molecular weight excluding hydrogens is 623 g/mol. The predicted molar refractivity (Wildman–Crippen MR) is 160 cm³/mol. The molecular formula is C29H26CoN4O6S2. The molecule has 13 heteroatoms. The van der Waals surface area contributed by atoms with Crippen molar-refractivity contribution >= 4 is 52.9 Å². The van der Waals surface area contributed by atoms with Crippen molar-refractivity contribution in [1.82, 2.24) is 10.9 Å². The zero-order valence-electron chi connectivity index (χ0n) is 22.3. The van der Waals surface area contributed by atoms with E-state index in [0.717, 1.165) is 11.1 Å². The third-order valence-corrected chi connectivity index (χ3v) is 5.12. The number of aliphatic hydroxyl groups excluding tert-OH is 1. The molecule has 4 rings (SSSR count). The maximum Gasteiger partial charge on any atom is 2.00 e. The molecule has 0 aliphatic heterocycles. The van der Waals surface area contributed by atoms with Gasteiger partial charge in [0.15, 0.2) is 17.3 Å². The van der Waals surface area contributed by atoms with Gasteiger partial charge in [0.2, 0.25) is 0 Å². The smallest absolute Gasteiger partial charge is 0.758 e. The number of hydrazone groups is 2. The van der Waals surface area contributed by atoms with Gasteiger partial charge in [-0.1, -0.05) is 70.8 Å². The number of benzene rings is 2. The normalized spacial score (nSPS) is 11.0. The van der Waals surface area contributed by atoms with Gasteiger partial charge >= 0.3 is 28.6 Å². The first-order valence-corrected chi connectivity index (χ1v) is 12.6. The van der Waals surface area contributed by atoms with Crippen molar-refractivity contribution in [3.63, 3.8) is 0 Å². The molecule has 0 aliphatic rings. The number of hydrogen-bond acceptors (Lipinski definition) is 10. The van der Waals surface area contributed by atoms with Gasteiger partial charge in [-0.2, -0.15) is 0 Å². The van der Waals surface area contributed by atoms with Gasteiger partial charge in [0, 0.05) is 6.08 Å². The summed E-state index contributed by atoms with van der Waals surface area (Å²) in [5.74, 6) is -0.511. The molecule has 42 heavy (non-hydrogen) atoms. The van der Waals surface area contributed by atoms with Crippen LogP contribution in [0.1, 0.15) is 46.1 Å². The predicted octanol–water partition coefficient (Wildman–Crippen LogP) is 4.87. The Hall–Kier alpha value is -4.56. The van der Waals surface area contributed by atoms with Crippen LogP contribution >= 0.6 is 0 Å². The van der Waals surface area contributed by atoms with Crippen molar-refractivity contribution in [3.05, 3.63) is 132 Å². The minimum absolute atomic E-state index is 0. The van der Waals surface area contributed by atoms with Crippen LogP contribution in [-0.4, -0.2) is 32.8 Å². The van der Waals surface area contributed by atoms with Gasteiger partial charge < -0.3 is 39.2 Å². The van der Waals surface area contributed by atoms with Crippen LogP contribution < -0.4 is 10.9 Å². The Morgan fingerprint density at radius 2 is 1.07 bits per heavy atom. The quantitative estimate of drug-likeness (QED) is 0.0642. The summed E-state index contributed by atoms with van der Waals surface area (Å²) in [6, 6.07) is 24.8. The number of ketones is 1. The third-order valence-electron chi connectivity index (χ3n) is 4.46. The van der Waals surface area contributed by atoms with Gasteiger partial charge in [-0.25, -0.2) is 21.1 Å². The van der Waals surface area contributed by atoms with Gasteiger partial charge in [-0.3, -0.25) is 14.4 Å². The monoisotopic (exact) mass is 649 g/mol. The SMILES string of the molecule is CC(=O)/C=C(\C)O.O=C(N/N=C(/[S-])c1ccccc1)c1ccco1.O=C(N/N=C(\[S-])c1ccccc1)c1ccco1.[Co+2]. The van der Waals surface area contributed by atoms with E-state index in [4.69, 9.17) is 39.2 Å². The summed E-state index contributed by atoms with van der Waals surface area (Å²) in [6.07, 6.45) is 4.01. The van der Waals surface area contributed by atoms with Crippen LogP contribution in [0.15, 0.2) is 128 Å². The second-order valence-electron chi connectivity index (χ2n) is 7.80. The molecule has 0 saturated heterocycles. The number of allylic oxidation sites excluding steroid dienone is 2. The first-order chi connectivity index (χ1) is 19.7. The standard InChI is InChI=1S/2C12H10N2O2S.C5H8O2.Co/c2*15-11(10-7-4-8-16-10)13-14-12(17)9-5-2-1-3-6-9;1-4(6)3-5(2)7;/h2*1-8H,(H,13,15)(H,14,17);3,6H,1-2H3;/q;;;+2/p-2/b;;4-3+;. The van der Waals surface area contributed by atoms with Crippen molar-refractivity contribution in [2.24, 2.45) is 10.2 Å². The summed E-state index contributed by atoms with van der Waals surface area (Å²) in [7, 11) is 0. The second kappa shape index (κ2) is 19.5. The Labute approximate surface area is 264 Å². The van der Waals surface area contributed by atoms with Crippen LogP contribution in [0.2, 0.25) is 0 Å². The summed E-state index contributed by atoms with van der Waals surface area (Å²) in [6.45, 7) is 2.85. The Balaban J connectivity index is 0.000000338. The summed E-state index contributed by atoms with van der Waals surface area (Å²) in [5.41, 5.74) is 6.23. The first kappa shape index (κ1) is 35.5. The van der Waals surface area contributed by atoms with Crippen molar-refractivity contribution in [2.75, 3.05) is 0 Å². The zero-order valence-corrected chi connectivity index (χ0v) is 25.0. The van der Waals surface area contributed by atoms with E-state index in [2.05, 4.69) is 21.1 Å². The fourth-order valence-electron chi connectivity index (χ4n) is 2.71.